The molecule has 0 heterocycles. The highest BCUT2D eigenvalue weighted by molar-refractivity contribution is 5.69. The Bertz CT molecular complexity index is 235. The summed E-state index contributed by atoms with van der Waals surface area (Å²) in [7, 11) is 0. The van der Waals surface area contributed by atoms with Crippen molar-refractivity contribution in [3.63, 3.8) is 0 Å². The zero-order valence-corrected chi connectivity index (χ0v) is 7.96. The van der Waals surface area contributed by atoms with Crippen molar-refractivity contribution in [3.05, 3.63) is 0 Å². The average Bonchev–Trinajstić information content (AvgIpc) is 2.68. The number of amides is 1. The molecular weight excluding hydrogens is 170 g/mol. The number of nitrogens with one attached hydrogen (secondary N) is 1. The summed E-state index contributed by atoms with van der Waals surface area (Å²) in [5.74, 6) is -0.870. The molecular formula is C9H15NO3. The monoisotopic (exact) mass is 185 g/mol. The first-order valence-corrected chi connectivity index (χ1v) is 4.37. The van der Waals surface area contributed by atoms with Crippen molar-refractivity contribution >= 4 is 12.4 Å². The van der Waals surface area contributed by atoms with Crippen molar-refractivity contribution in [2.75, 3.05) is 0 Å². The Labute approximate surface area is 77.3 Å². The van der Waals surface area contributed by atoms with E-state index in [0.29, 0.717) is 6.41 Å². The molecule has 4 heteroatoms. The van der Waals surface area contributed by atoms with Crippen LogP contribution in [0.4, 0.5) is 0 Å². The summed E-state index contributed by atoms with van der Waals surface area (Å²) >= 11 is 0. The maximum atomic E-state index is 10.6. The maximum absolute atomic E-state index is 10.6. The number of carbonyl (C=O) groups is 2. The van der Waals surface area contributed by atoms with Crippen LogP contribution in [0.3, 0.4) is 0 Å². The van der Waals surface area contributed by atoms with E-state index in [2.05, 4.69) is 5.32 Å². The summed E-state index contributed by atoms with van der Waals surface area (Å²) in [6.07, 6.45) is 2.55. The summed E-state index contributed by atoms with van der Waals surface area (Å²) < 4.78 is 0. The summed E-state index contributed by atoms with van der Waals surface area (Å²) in [4.78, 5) is 21.0. The molecule has 2 N–H and O–H groups in total. The Balaban J connectivity index is 2.74. The van der Waals surface area contributed by atoms with E-state index in [-0.39, 0.29) is 11.8 Å². The predicted octanol–water partition coefficient (Wildman–Crippen LogP) is 0.766. The second kappa shape index (κ2) is 3.01. The van der Waals surface area contributed by atoms with Crippen LogP contribution in [0.25, 0.3) is 0 Å². The Morgan fingerprint density at radius 2 is 2.23 bits per heavy atom. The molecule has 1 rings (SSSR count). The highest BCUT2D eigenvalue weighted by Gasteiger charge is 2.53. The first-order chi connectivity index (χ1) is 5.93. The molecule has 1 aliphatic carbocycles. The highest BCUT2D eigenvalue weighted by Crippen LogP contribution is 2.54. The Morgan fingerprint density at radius 3 is 2.54 bits per heavy atom. The molecule has 0 saturated heterocycles. The molecule has 13 heavy (non-hydrogen) atoms. The van der Waals surface area contributed by atoms with Crippen molar-refractivity contribution in [2.24, 2.45) is 5.41 Å². The van der Waals surface area contributed by atoms with Crippen LogP contribution in [-0.4, -0.2) is 23.0 Å². The van der Waals surface area contributed by atoms with Gasteiger partial charge in [-0.1, -0.05) is 6.92 Å². The van der Waals surface area contributed by atoms with Crippen LogP contribution in [0, 0.1) is 5.41 Å². The van der Waals surface area contributed by atoms with E-state index in [1.807, 2.05) is 6.92 Å². The van der Waals surface area contributed by atoms with Crippen LogP contribution < -0.4 is 5.32 Å². The molecule has 0 spiro atoms. The number of rotatable bonds is 5. The average molecular weight is 185 g/mol. The number of hydrogen-bond acceptors (Lipinski definition) is 2. The molecule has 4 nitrogen and oxygen atoms in total. The Kier molecular flexibility index (Phi) is 2.32. The van der Waals surface area contributed by atoms with Crippen molar-refractivity contribution in [1.29, 1.82) is 0 Å². The van der Waals surface area contributed by atoms with Crippen LogP contribution in [0.1, 0.15) is 33.1 Å². The van der Waals surface area contributed by atoms with Gasteiger partial charge in [0.15, 0.2) is 0 Å². The summed E-state index contributed by atoms with van der Waals surface area (Å²) in [5.41, 5.74) is -0.632. The van der Waals surface area contributed by atoms with Gasteiger partial charge in [0, 0.05) is 0 Å². The predicted molar refractivity (Wildman–Crippen MR) is 47.2 cm³/mol. The molecule has 1 aliphatic rings. The first kappa shape index (κ1) is 10.0. The van der Waals surface area contributed by atoms with Gasteiger partial charge in [0.2, 0.25) is 6.41 Å². The van der Waals surface area contributed by atoms with Gasteiger partial charge >= 0.3 is 5.97 Å². The normalized spacial score (nSPS) is 22.9. The van der Waals surface area contributed by atoms with E-state index in [4.69, 9.17) is 5.11 Å². The van der Waals surface area contributed by atoms with E-state index in [0.717, 1.165) is 12.8 Å². The SMILES string of the molecule is CC1(C(C)(CC(=O)O)NC=O)CC1. The van der Waals surface area contributed by atoms with E-state index >= 15 is 0 Å². The summed E-state index contributed by atoms with van der Waals surface area (Å²) in [6, 6.07) is 0. The third kappa shape index (κ3) is 1.82. The second-order valence-corrected chi connectivity index (χ2v) is 4.23. The van der Waals surface area contributed by atoms with Gasteiger partial charge in [0.25, 0.3) is 0 Å². The minimum absolute atomic E-state index is 0.0117. The third-order valence-electron chi connectivity index (χ3n) is 3.21. The van der Waals surface area contributed by atoms with Crippen LogP contribution in [0.15, 0.2) is 0 Å². The van der Waals surface area contributed by atoms with Crippen molar-refractivity contribution in [2.45, 2.75) is 38.6 Å². The standard InChI is InChI=1S/C9H15NO3/c1-8(3-4-8)9(2,10-6-11)5-7(12)13/h6H,3-5H2,1-2H3,(H,10,11)(H,12,13). The van der Waals surface area contributed by atoms with Gasteiger partial charge in [0.05, 0.1) is 12.0 Å². The zero-order chi connectivity index (χ0) is 10.1. The lowest BCUT2D eigenvalue weighted by atomic mass is 9.81. The van der Waals surface area contributed by atoms with Crippen LogP contribution >= 0.6 is 0 Å². The first-order valence-electron chi connectivity index (χ1n) is 4.37. The van der Waals surface area contributed by atoms with E-state index < -0.39 is 11.5 Å². The van der Waals surface area contributed by atoms with Gasteiger partial charge in [0.1, 0.15) is 0 Å². The number of carboxylic acids is 1. The molecule has 0 bridgehead atoms. The molecule has 1 atom stereocenters. The Morgan fingerprint density at radius 1 is 1.69 bits per heavy atom. The Hall–Kier alpha value is -1.06. The highest BCUT2D eigenvalue weighted by atomic mass is 16.4. The van der Waals surface area contributed by atoms with E-state index in [1.165, 1.54) is 0 Å². The number of aliphatic carboxylic acids is 1. The van der Waals surface area contributed by atoms with Crippen molar-refractivity contribution in [3.8, 4) is 0 Å². The van der Waals surface area contributed by atoms with Crippen molar-refractivity contribution in [1.82, 2.24) is 5.32 Å². The van der Waals surface area contributed by atoms with Gasteiger partial charge in [-0.3, -0.25) is 9.59 Å². The summed E-state index contributed by atoms with van der Waals surface area (Å²) in [6.45, 7) is 3.80. The van der Waals surface area contributed by atoms with Gasteiger partial charge in [-0.25, -0.2) is 0 Å². The molecule has 0 aromatic carbocycles. The number of carbonyl (C=O) groups excluding carboxylic acids is 1. The summed E-state index contributed by atoms with van der Waals surface area (Å²) in [5, 5.41) is 11.3. The fraction of sp³-hybridized carbons (Fsp3) is 0.778. The van der Waals surface area contributed by atoms with Crippen LogP contribution in [0.2, 0.25) is 0 Å². The smallest absolute Gasteiger partial charge is 0.305 e. The number of carboxylic acid groups (broad SMARTS) is 1. The molecule has 1 unspecified atom stereocenters. The van der Waals surface area contributed by atoms with Gasteiger partial charge in [-0.2, -0.15) is 0 Å². The van der Waals surface area contributed by atoms with Crippen molar-refractivity contribution < 1.29 is 14.7 Å². The molecule has 0 aliphatic heterocycles. The fourth-order valence-corrected chi connectivity index (χ4v) is 1.61. The topological polar surface area (TPSA) is 66.4 Å². The number of hydrogen-bond donors (Lipinski definition) is 2. The minimum Gasteiger partial charge on any atom is -0.481 e. The van der Waals surface area contributed by atoms with E-state index in [9.17, 15) is 9.59 Å². The molecule has 1 fully saturated rings. The lowest BCUT2D eigenvalue weighted by molar-refractivity contribution is -0.139. The molecule has 0 radical (unpaired) electrons. The van der Waals surface area contributed by atoms with Gasteiger partial charge in [-0.15, -0.1) is 0 Å². The molecule has 74 valence electrons. The van der Waals surface area contributed by atoms with Gasteiger partial charge in [-0.05, 0) is 25.2 Å². The minimum atomic E-state index is -0.870. The van der Waals surface area contributed by atoms with Crippen LogP contribution in [-0.2, 0) is 9.59 Å². The third-order valence-corrected chi connectivity index (χ3v) is 3.21. The molecule has 1 saturated carbocycles. The second-order valence-electron chi connectivity index (χ2n) is 4.23. The van der Waals surface area contributed by atoms with Crippen LogP contribution in [0.5, 0.6) is 0 Å². The maximum Gasteiger partial charge on any atom is 0.305 e. The van der Waals surface area contributed by atoms with Gasteiger partial charge < -0.3 is 10.4 Å². The largest absolute Gasteiger partial charge is 0.481 e. The lowest BCUT2D eigenvalue weighted by Crippen LogP contribution is -2.50. The molecule has 0 aromatic rings. The quantitative estimate of drug-likeness (QED) is 0.621. The lowest BCUT2D eigenvalue weighted by Gasteiger charge is -2.34. The zero-order valence-electron chi connectivity index (χ0n) is 7.96. The fourth-order valence-electron chi connectivity index (χ4n) is 1.61. The molecule has 1 amide bonds. The molecule has 0 aromatic heterocycles. The van der Waals surface area contributed by atoms with E-state index in [1.54, 1.807) is 6.92 Å².